The maximum atomic E-state index is 14.3. The van der Waals surface area contributed by atoms with Crippen molar-refractivity contribution in [1.29, 1.82) is 0 Å². The Labute approximate surface area is 243 Å². The largest absolute Gasteiger partial charge is 0.335 e. The normalized spacial score (nSPS) is 20.2. The van der Waals surface area contributed by atoms with Crippen molar-refractivity contribution >= 4 is 23.6 Å². The van der Waals surface area contributed by atoms with E-state index in [9.17, 15) is 18.4 Å². The molecule has 2 amide bonds. The number of imidazole rings is 1. The van der Waals surface area contributed by atoms with Gasteiger partial charge in [0.05, 0.1) is 19.1 Å². The Hall–Kier alpha value is -4.15. The summed E-state index contributed by atoms with van der Waals surface area (Å²) in [5.74, 6) is -0.499. The van der Waals surface area contributed by atoms with Crippen LogP contribution in [-0.4, -0.2) is 73.8 Å². The first kappa shape index (κ1) is 28.0. The quantitative estimate of drug-likeness (QED) is 0.415. The smallest absolute Gasteiger partial charge is 0.283 e. The van der Waals surface area contributed by atoms with E-state index < -0.39 is 11.6 Å². The molecule has 0 bridgehead atoms. The number of hydrogen-bond donors (Lipinski definition) is 0. The second kappa shape index (κ2) is 10.9. The first-order valence-corrected chi connectivity index (χ1v) is 14.7. The zero-order valence-electron chi connectivity index (χ0n) is 24.3. The molecule has 1 unspecified atom stereocenters. The Morgan fingerprint density at radius 3 is 2.64 bits per heavy atom. The van der Waals surface area contributed by atoms with Gasteiger partial charge in [-0.25, -0.2) is 18.8 Å². The fourth-order valence-electron chi connectivity index (χ4n) is 6.07. The van der Waals surface area contributed by atoms with Crippen molar-refractivity contribution in [3.05, 3.63) is 65.1 Å². The lowest BCUT2D eigenvalue weighted by Gasteiger charge is -2.34. The molecule has 0 spiro atoms. The van der Waals surface area contributed by atoms with E-state index in [2.05, 4.69) is 18.8 Å². The maximum Gasteiger partial charge on any atom is 0.283 e. The molecule has 1 aromatic carbocycles. The third-order valence-electron chi connectivity index (χ3n) is 8.49. The molecule has 3 aromatic rings. The SMILES string of the molecule is CCN1C(=O)c2nc(-c3ccnc(C(=O)N4CCCCC4C)c3)n(Cc3ccc(F)c(F)c3)c2N2C[C@@H](C(C)C)N=C12. The molecule has 2 aromatic heterocycles. The summed E-state index contributed by atoms with van der Waals surface area (Å²) >= 11 is 0. The number of aromatic nitrogens is 3. The summed E-state index contributed by atoms with van der Waals surface area (Å²) in [4.78, 5) is 46.9. The van der Waals surface area contributed by atoms with Crippen LogP contribution in [0.25, 0.3) is 11.4 Å². The molecule has 3 aliphatic rings. The molecule has 9 nitrogen and oxygen atoms in total. The summed E-state index contributed by atoms with van der Waals surface area (Å²) in [5, 5.41) is 0. The molecule has 0 aliphatic carbocycles. The number of guanidine groups is 1. The van der Waals surface area contributed by atoms with Gasteiger partial charge in [0, 0.05) is 30.9 Å². The Morgan fingerprint density at radius 1 is 1.12 bits per heavy atom. The first-order valence-electron chi connectivity index (χ1n) is 14.7. The summed E-state index contributed by atoms with van der Waals surface area (Å²) < 4.78 is 30.0. The van der Waals surface area contributed by atoms with Crippen molar-refractivity contribution in [2.24, 2.45) is 10.9 Å². The second-order valence-electron chi connectivity index (χ2n) is 11.6. The van der Waals surface area contributed by atoms with Gasteiger partial charge >= 0.3 is 0 Å². The minimum absolute atomic E-state index is 0.0282. The molecule has 1 fully saturated rings. The van der Waals surface area contributed by atoms with E-state index in [0.29, 0.717) is 54.1 Å². The van der Waals surface area contributed by atoms with Gasteiger partial charge in [0.1, 0.15) is 17.3 Å². The zero-order valence-corrected chi connectivity index (χ0v) is 24.3. The van der Waals surface area contributed by atoms with E-state index in [1.807, 2.05) is 28.2 Å². The number of amides is 2. The lowest BCUT2D eigenvalue weighted by atomic mass is 10.0. The fourth-order valence-corrected chi connectivity index (χ4v) is 6.07. The van der Waals surface area contributed by atoms with Crippen LogP contribution in [0.2, 0.25) is 0 Å². The van der Waals surface area contributed by atoms with E-state index in [1.165, 1.54) is 6.07 Å². The molecular weight excluding hydrogens is 540 g/mol. The number of pyridine rings is 1. The van der Waals surface area contributed by atoms with E-state index >= 15 is 0 Å². The number of carbonyl (C=O) groups is 2. The molecule has 0 saturated carbocycles. The van der Waals surface area contributed by atoms with Crippen molar-refractivity contribution in [1.82, 2.24) is 24.3 Å². The predicted molar refractivity (Wildman–Crippen MR) is 155 cm³/mol. The highest BCUT2D eigenvalue weighted by Gasteiger charge is 2.44. The topological polar surface area (TPSA) is 86.9 Å². The molecule has 0 radical (unpaired) electrons. The van der Waals surface area contributed by atoms with Crippen molar-refractivity contribution in [2.75, 3.05) is 24.5 Å². The van der Waals surface area contributed by atoms with Gasteiger partial charge in [0.25, 0.3) is 11.8 Å². The van der Waals surface area contributed by atoms with E-state index in [-0.39, 0.29) is 42.1 Å². The number of fused-ring (bicyclic) bond motifs is 3. The van der Waals surface area contributed by atoms with Crippen molar-refractivity contribution in [2.45, 2.75) is 65.6 Å². The number of aliphatic imine (C=N–C) groups is 1. The number of carbonyl (C=O) groups excluding carboxylic acids is 2. The maximum absolute atomic E-state index is 14.3. The summed E-state index contributed by atoms with van der Waals surface area (Å²) in [6.07, 6.45) is 4.57. The number of halogens is 2. The zero-order chi connectivity index (χ0) is 29.7. The van der Waals surface area contributed by atoms with Gasteiger partial charge in [-0.1, -0.05) is 19.9 Å². The van der Waals surface area contributed by atoms with Crippen LogP contribution in [0, 0.1) is 17.6 Å². The fraction of sp³-hybridized carbons (Fsp3) is 0.452. The van der Waals surface area contributed by atoms with Gasteiger partial charge in [-0.15, -0.1) is 0 Å². The van der Waals surface area contributed by atoms with Crippen LogP contribution < -0.4 is 4.90 Å². The molecule has 11 heteroatoms. The highest BCUT2D eigenvalue weighted by Crippen LogP contribution is 2.38. The number of hydrogen-bond acceptors (Lipinski definition) is 6. The van der Waals surface area contributed by atoms with Gasteiger partial charge in [-0.05, 0) is 68.9 Å². The van der Waals surface area contributed by atoms with Gasteiger partial charge in [0.2, 0.25) is 5.96 Å². The minimum Gasteiger partial charge on any atom is -0.335 e. The lowest BCUT2D eigenvalue weighted by molar-refractivity contribution is 0.0629. The Bertz CT molecular complexity index is 1580. The highest BCUT2D eigenvalue weighted by atomic mass is 19.2. The van der Waals surface area contributed by atoms with Crippen molar-refractivity contribution in [3.63, 3.8) is 0 Å². The van der Waals surface area contributed by atoms with Crippen LogP contribution >= 0.6 is 0 Å². The first-order chi connectivity index (χ1) is 20.2. The van der Waals surface area contributed by atoms with Crippen LogP contribution in [0.1, 0.15) is 73.5 Å². The van der Waals surface area contributed by atoms with Crippen LogP contribution in [-0.2, 0) is 6.54 Å². The number of rotatable bonds is 6. The van der Waals surface area contributed by atoms with Crippen molar-refractivity contribution < 1.29 is 18.4 Å². The molecule has 0 N–H and O–H groups in total. The van der Waals surface area contributed by atoms with E-state index in [0.717, 1.165) is 31.4 Å². The van der Waals surface area contributed by atoms with Crippen LogP contribution in [0.3, 0.4) is 0 Å². The van der Waals surface area contributed by atoms with E-state index in [4.69, 9.17) is 9.98 Å². The van der Waals surface area contributed by atoms with Gasteiger partial charge in [0.15, 0.2) is 17.3 Å². The van der Waals surface area contributed by atoms with Gasteiger partial charge < -0.3 is 9.47 Å². The summed E-state index contributed by atoms with van der Waals surface area (Å²) in [6.45, 7) is 9.91. The number of nitrogens with zero attached hydrogens (tertiary/aromatic N) is 7. The summed E-state index contributed by atoms with van der Waals surface area (Å²) in [7, 11) is 0. The van der Waals surface area contributed by atoms with Crippen LogP contribution in [0.5, 0.6) is 0 Å². The summed E-state index contributed by atoms with van der Waals surface area (Å²) in [5.41, 5.74) is 1.66. The molecule has 3 aliphatic heterocycles. The number of anilines is 1. The Kier molecular flexibility index (Phi) is 7.28. The lowest BCUT2D eigenvalue weighted by Crippen LogP contribution is -2.50. The monoisotopic (exact) mass is 575 g/mol. The molecule has 220 valence electrons. The minimum atomic E-state index is -0.952. The average Bonchev–Trinajstić information content (AvgIpc) is 3.58. The third kappa shape index (κ3) is 4.74. The van der Waals surface area contributed by atoms with Crippen LogP contribution in [0.4, 0.5) is 14.6 Å². The van der Waals surface area contributed by atoms with E-state index in [1.54, 1.807) is 23.2 Å². The second-order valence-corrected chi connectivity index (χ2v) is 11.6. The third-order valence-corrected chi connectivity index (χ3v) is 8.49. The molecule has 2 atom stereocenters. The number of likely N-dealkylation sites (tertiary alicyclic amines) is 1. The number of benzene rings is 1. The predicted octanol–water partition coefficient (Wildman–Crippen LogP) is 4.96. The Morgan fingerprint density at radius 2 is 1.93 bits per heavy atom. The average molecular weight is 576 g/mol. The van der Waals surface area contributed by atoms with Gasteiger partial charge in [-0.3, -0.25) is 24.4 Å². The summed E-state index contributed by atoms with van der Waals surface area (Å²) in [6, 6.07) is 7.33. The van der Waals surface area contributed by atoms with Crippen molar-refractivity contribution in [3.8, 4) is 11.4 Å². The number of piperidine rings is 1. The molecular formula is C31H35F2N7O2. The van der Waals surface area contributed by atoms with Crippen LogP contribution in [0.15, 0.2) is 41.5 Å². The molecule has 5 heterocycles. The Balaban J connectivity index is 1.49. The molecule has 42 heavy (non-hydrogen) atoms. The standard InChI is InChI=1S/C31H35F2N7O2/c1-5-37-30(42)26-28(40-17-25(18(2)3)35-31(37)40)39(16-20-9-10-22(32)23(33)14-20)27(36-26)21-11-12-34-24(15-21)29(41)38-13-7-6-8-19(38)4/h9-12,14-15,18-19,25H,5-8,13,16-17H2,1-4H3/t19?,25-/m0/s1. The van der Waals surface area contributed by atoms with Gasteiger partial charge in [-0.2, -0.15) is 0 Å². The molecule has 6 rings (SSSR count). The molecule has 1 saturated heterocycles. The highest BCUT2D eigenvalue weighted by molar-refractivity contribution is 6.18.